The molecule has 1 N–H and O–H groups in total. The Morgan fingerprint density at radius 1 is 0.870 bits per heavy atom. The summed E-state index contributed by atoms with van der Waals surface area (Å²) in [5.74, 6) is 0. The summed E-state index contributed by atoms with van der Waals surface area (Å²) in [6.07, 6.45) is 0. The molecular formula is C19H15NO2P+. The van der Waals surface area contributed by atoms with Crippen LogP contribution < -0.4 is 5.32 Å². The van der Waals surface area contributed by atoms with Crippen LogP contribution in [0.2, 0.25) is 0 Å². The molecule has 0 aliphatic heterocycles. The van der Waals surface area contributed by atoms with Crippen molar-refractivity contribution in [2.45, 2.75) is 6.54 Å². The number of benzene rings is 3. The first-order valence-corrected chi connectivity index (χ1v) is 8.66. The summed E-state index contributed by atoms with van der Waals surface area (Å²) in [5.41, 5.74) is 2.87. The number of hydrogen-bond donors (Lipinski definition) is 1. The van der Waals surface area contributed by atoms with Crippen LogP contribution in [-0.4, -0.2) is 0 Å². The third-order valence-electron chi connectivity index (χ3n) is 3.92. The van der Waals surface area contributed by atoms with E-state index in [1.54, 1.807) is 0 Å². The van der Waals surface area contributed by atoms with Crippen molar-refractivity contribution in [2.24, 2.45) is 0 Å². The van der Waals surface area contributed by atoms with Gasteiger partial charge < -0.3 is 5.32 Å². The maximum atomic E-state index is 12.4. The smallest absolute Gasteiger partial charge is 0.381 e. The fraction of sp³-hybridized carbons (Fsp3) is 0.0526. The monoisotopic (exact) mass is 320 g/mol. The van der Waals surface area contributed by atoms with E-state index in [1.807, 2.05) is 66.7 Å². The molecule has 3 nitrogen and oxygen atoms in total. The molecule has 0 amide bonds. The van der Waals surface area contributed by atoms with Crippen LogP contribution >= 0.6 is 7.65 Å². The van der Waals surface area contributed by atoms with Crippen LogP contribution in [0.25, 0.3) is 21.5 Å². The number of nitrogens with one attached hydrogen (secondary N) is 1. The van der Waals surface area contributed by atoms with E-state index in [-0.39, 0.29) is 0 Å². The summed E-state index contributed by atoms with van der Waals surface area (Å²) in [6, 6.07) is 23.7. The van der Waals surface area contributed by atoms with E-state index in [0.29, 0.717) is 12.1 Å². The summed E-state index contributed by atoms with van der Waals surface area (Å²) in [6.45, 7) is 0.671. The van der Waals surface area contributed by atoms with Crippen molar-refractivity contribution in [3.05, 3.63) is 78.4 Å². The van der Waals surface area contributed by atoms with Crippen molar-refractivity contribution < 1.29 is 8.76 Å². The maximum absolute atomic E-state index is 12.4. The second-order valence-corrected chi connectivity index (χ2v) is 6.55. The summed E-state index contributed by atoms with van der Waals surface area (Å²) in [7, 11) is -1.85. The van der Waals surface area contributed by atoms with Crippen molar-refractivity contribution in [1.29, 1.82) is 0 Å². The largest absolute Gasteiger partial charge is 0.597 e. The predicted octanol–water partition coefficient (Wildman–Crippen LogP) is 5.94. The molecular weight excluding hydrogens is 305 g/mol. The van der Waals surface area contributed by atoms with Crippen LogP contribution in [0.15, 0.2) is 77.0 Å². The molecule has 1 atom stereocenters. The first kappa shape index (κ1) is 14.0. The standard InChI is InChI=1S/C19H15NO2P/c21-23-18-12-6-7-14(13-20-15-8-2-1-3-9-15)19(18)16-10-4-5-11-17(16)22-23/h1-12,20H,13H2/q+1. The van der Waals surface area contributed by atoms with Crippen molar-refractivity contribution in [1.82, 2.24) is 0 Å². The molecule has 0 saturated heterocycles. The van der Waals surface area contributed by atoms with E-state index in [0.717, 1.165) is 27.1 Å². The first-order chi connectivity index (χ1) is 11.3. The zero-order valence-electron chi connectivity index (χ0n) is 12.4. The van der Waals surface area contributed by atoms with E-state index >= 15 is 0 Å². The van der Waals surface area contributed by atoms with Gasteiger partial charge in [-0.3, -0.25) is 0 Å². The van der Waals surface area contributed by atoms with E-state index < -0.39 is 7.65 Å². The average Bonchev–Trinajstić information content (AvgIpc) is 2.61. The molecule has 0 aliphatic rings. The van der Waals surface area contributed by atoms with E-state index in [1.165, 1.54) is 0 Å². The molecule has 0 radical (unpaired) electrons. The van der Waals surface area contributed by atoms with Gasteiger partial charge in [0.15, 0.2) is 5.58 Å². The van der Waals surface area contributed by atoms with Crippen LogP contribution in [0.3, 0.4) is 0 Å². The number of para-hydroxylation sites is 2. The normalized spacial score (nSPS) is 11.7. The zero-order valence-corrected chi connectivity index (χ0v) is 13.3. The second-order valence-electron chi connectivity index (χ2n) is 5.38. The highest BCUT2D eigenvalue weighted by Gasteiger charge is 2.18. The van der Waals surface area contributed by atoms with Gasteiger partial charge >= 0.3 is 7.65 Å². The number of rotatable bonds is 3. The van der Waals surface area contributed by atoms with Crippen LogP contribution in [0.4, 0.5) is 5.69 Å². The topological polar surface area (TPSA) is 42.2 Å². The molecule has 4 aromatic rings. The third-order valence-corrected chi connectivity index (χ3v) is 5.05. The lowest BCUT2D eigenvalue weighted by atomic mass is 10.1. The molecule has 1 aromatic heterocycles. The van der Waals surface area contributed by atoms with E-state index in [2.05, 4.69) is 11.4 Å². The lowest BCUT2D eigenvalue weighted by molar-refractivity contribution is 0.563. The van der Waals surface area contributed by atoms with Gasteiger partial charge in [-0.25, -0.2) is 4.20 Å². The highest BCUT2D eigenvalue weighted by atomic mass is 31.1. The molecule has 3 aromatic carbocycles. The van der Waals surface area contributed by atoms with Gasteiger partial charge in [0.2, 0.25) is 5.12 Å². The van der Waals surface area contributed by atoms with Crippen LogP contribution in [0, 0.1) is 0 Å². The summed E-state index contributed by atoms with van der Waals surface area (Å²) in [4.78, 5) is 0. The lowest BCUT2D eigenvalue weighted by Crippen LogP contribution is -1.99. The molecule has 0 fully saturated rings. The van der Waals surface area contributed by atoms with Crippen LogP contribution in [0.1, 0.15) is 5.56 Å². The van der Waals surface area contributed by atoms with Gasteiger partial charge in [-0.15, -0.1) is 0 Å². The lowest BCUT2D eigenvalue weighted by Gasteiger charge is -2.08. The molecule has 0 aliphatic carbocycles. The molecule has 0 spiro atoms. The average molecular weight is 320 g/mol. The third kappa shape index (κ3) is 2.60. The minimum atomic E-state index is -1.85. The quantitative estimate of drug-likeness (QED) is 0.475. The molecule has 0 bridgehead atoms. The first-order valence-electron chi connectivity index (χ1n) is 7.48. The number of fused-ring (bicyclic) bond motifs is 3. The number of anilines is 1. The molecule has 1 heterocycles. The van der Waals surface area contributed by atoms with Crippen LogP contribution in [-0.2, 0) is 11.1 Å². The Morgan fingerprint density at radius 3 is 2.52 bits per heavy atom. The van der Waals surface area contributed by atoms with Crippen LogP contribution in [0.5, 0.6) is 0 Å². The van der Waals surface area contributed by atoms with Crippen molar-refractivity contribution in [3.63, 3.8) is 0 Å². The Hall–Kier alpha value is -2.64. The van der Waals surface area contributed by atoms with Gasteiger partial charge in [0.25, 0.3) is 0 Å². The fourth-order valence-electron chi connectivity index (χ4n) is 2.84. The van der Waals surface area contributed by atoms with Crippen molar-refractivity contribution >= 4 is 34.8 Å². The molecule has 23 heavy (non-hydrogen) atoms. The summed E-state index contributed by atoms with van der Waals surface area (Å²) in [5, 5.41) is 6.22. The minimum absolute atomic E-state index is 0.671. The molecule has 4 heteroatoms. The Labute approximate surface area is 134 Å². The van der Waals surface area contributed by atoms with E-state index in [9.17, 15) is 4.57 Å². The van der Waals surface area contributed by atoms with Crippen molar-refractivity contribution in [3.8, 4) is 0 Å². The van der Waals surface area contributed by atoms with E-state index in [4.69, 9.17) is 4.20 Å². The summed E-state index contributed by atoms with van der Waals surface area (Å²) < 4.78 is 17.9. The molecule has 0 saturated carbocycles. The maximum Gasteiger partial charge on any atom is 0.597 e. The summed E-state index contributed by atoms with van der Waals surface area (Å²) >= 11 is 0. The minimum Gasteiger partial charge on any atom is -0.381 e. The van der Waals surface area contributed by atoms with Gasteiger partial charge in [-0.1, -0.05) is 48.5 Å². The molecule has 1 unspecified atom stereocenters. The fourth-order valence-corrected chi connectivity index (χ4v) is 3.93. The van der Waals surface area contributed by atoms with Gasteiger partial charge in [0.1, 0.15) is 0 Å². The highest BCUT2D eigenvalue weighted by Crippen LogP contribution is 2.37. The molecule has 112 valence electrons. The zero-order chi connectivity index (χ0) is 15.6. The SMILES string of the molecule is O=[p+]1oc2ccccc2c2c(CNc3ccccc3)cccc21. The van der Waals surface area contributed by atoms with Gasteiger partial charge in [0.05, 0.1) is 0 Å². The van der Waals surface area contributed by atoms with Gasteiger partial charge in [-0.05, 0) is 34.4 Å². The predicted molar refractivity (Wildman–Crippen MR) is 95.1 cm³/mol. The highest BCUT2D eigenvalue weighted by molar-refractivity contribution is 7.37. The number of hydrogen-bond acceptors (Lipinski definition) is 3. The Bertz CT molecular complexity index is 1040. The Morgan fingerprint density at radius 2 is 1.65 bits per heavy atom. The van der Waals surface area contributed by atoms with Gasteiger partial charge in [0, 0.05) is 23.0 Å². The van der Waals surface area contributed by atoms with Crippen molar-refractivity contribution in [2.75, 3.05) is 5.32 Å². The Balaban J connectivity index is 1.88. The molecule has 4 rings (SSSR count). The Kier molecular flexibility index (Phi) is 3.57. The van der Waals surface area contributed by atoms with Gasteiger partial charge in [-0.2, -0.15) is 0 Å². The second kappa shape index (κ2) is 5.86.